The number of ether oxygens (including phenoxy) is 1. The molecule has 3 N–H and O–H groups in total. The Balaban J connectivity index is 1.55. The minimum atomic E-state index is -4.42. The average Bonchev–Trinajstić information content (AvgIpc) is 3.55. The summed E-state index contributed by atoms with van der Waals surface area (Å²) in [5, 5.41) is 13.2. The maximum atomic E-state index is 14.0. The van der Waals surface area contributed by atoms with Crippen LogP contribution in [0.4, 0.5) is 22.0 Å². The lowest BCUT2D eigenvalue weighted by Gasteiger charge is -2.33. The highest BCUT2D eigenvalue weighted by Gasteiger charge is 2.40. The van der Waals surface area contributed by atoms with E-state index in [1.807, 2.05) is 0 Å². The van der Waals surface area contributed by atoms with E-state index in [9.17, 15) is 31.5 Å². The molecule has 2 heterocycles. The molecule has 2 atom stereocenters. The summed E-state index contributed by atoms with van der Waals surface area (Å²) in [5.41, 5.74) is 1.90. The molecule has 4 rings (SSSR count). The van der Waals surface area contributed by atoms with E-state index in [1.54, 1.807) is 25.1 Å². The molecule has 0 bridgehead atoms. The lowest BCUT2D eigenvalue weighted by molar-refractivity contribution is -0.144. The van der Waals surface area contributed by atoms with E-state index in [2.05, 4.69) is 30.9 Å². The summed E-state index contributed by atoms with van der Waals surface area (Å²) in [6.07, 6.45) is -5.28. The quantitative estimate of drug-likeness (QED) is 0.282. The summed E-state index contributed by atoms with van der Waals surface area (Å²) in [6, 6.07) is 3.78. The Kier molecular flexibility index (Phi) is 9.24. The number of benzene rings is 1. The van der Waals surface area contributed by atoms with Gasteiger partial charge >= 0.3 is 6.18 Å². The van der Waals surface area contributed by atoms with E-state index < -0.39 is 48.8 Å². The molecule has 224 valence electrons. The molecule has 1 aliphatic rings. The Morgan fingerprint density at radius 1 is 1.22 bits per heavy atom. The van der Waals surface area contributed by atoms with Gasteiger partial charge in [-0.15, -0.1) is 5.10 Å². The summed E-state index contributed by atoms with van der Waals surface area (Å²) in [7, 11) is 1.52. The van der Waals surface area contributed by atoms with Crippen LogP contribution in [0.3, 0.4) is 0 Å². The molecule has 0 spiro atoms. The molecule has 1 saturated carbocycles. The molecule has 1 aliphatic carbocycles. The van der Waals surface area contributed by atoms with Crippen LogP contribution in [-0.2, 0) is 16.1 Å². The number of imidazole rings is 1. The fourth-order valence-electron chi connectivity index (χ4n) is 4.91. The Labute approximate surface area is 232 Å². The number of aromatic nitrogens is 5. The first-order valence-electron chi connectivity index (χ1n) is 13.3. The van der Waals surface area contributed by atoms with E-state index in [0.717, 1.165) is 0 Å². The van der Waals surface area contributed by atoms with Gasteiger partial charge in [0.2, 0.25) is 11.8 Å². The number of fused-ring (bicyclic) bond motifs is 1. The Morgan fingerprint density at radius 3 is 2.63 bits per heavy atom. The molecular weight excluding hydrogens is 553 g/mol. The van der Waals surface area contributed by atoms with Crippen LogP contribution in [0.5, 0.6) is 0 Å². The maximum Gasteiger partial charge on any atom is 0.389 e. The van der Waals surface area contributed by atoms with Gasteiger partial charge in [-0.3, -0.25) is 9.59 Å². The number of nitrogens with zero attached hydrogens (tertiary/aromatic N) is 4. The fraction of sp³-hybridized carbons (Fsp3) is 0.577. The van der Waals surface area contributed by atoms with Crippen molar-refractivity contribution in [2.45, 2.75) is 76.2 Å². The molecule has 1 fully saturated rings. The van der Waals surface area contributed by atoms with Crippen LogP contribution in [0.2, 0.25) is 0 Å². The predicted octanol–water partition coefficient (Wildman–Crippen LogP) is 4.62. The van der Waals surface area contributed by atoms with Crippen molar-refractivity contribution in [3.05, 3.63) is 41.5 Å². The van der Waals surface area contributed by atoms with Gasteiger partial charge in [0, 0.05) is 26.4 Å². The minimum absolute atomic E-state index is 0.169. The third kappa shape index (κ3) is 7.99. The maximum absolute atomic E-state index is 14.0. The van der Waals surface area contributed by atoms with E-state index in [-0.39, 0.29) is 43.8 Å². The highest BCUT2D eigenvalue weighted by Crippen LogP contribution is 2.41. The molecule has 0 radical (unpaired) electrons. The summed E-state index contributed by atoms with van der Waals surface area (Å²) >= 11 is 0. The van der Waals surface area contributed by atoms with Gasteiger partial charge in [-0.1, -0.05) is 11.3 Å². The number of nitrogens with one attached hydrogen (secondary N) is 3. The van der Waals surface area contributed by atoms with Crippen molar-refractivity contribution >= 4 is 22.8 Å². The smallest absolute Gasteiger partial charge is 0.383 e. The second-order valence-electron chi connectivity index (χ2n) is 10.3. The van der Waals surface area contributed by atoms with Gasteiger partial charge in [-0.2, -0.15) is 13.2 Å². The van der Waals surface area contributed by atoms with Crippen LogP contribution in [0, 0.1) is 5.92 Å². The van der Waals surface area contributed by atoms with Crippen LogP contribution < -0.4 is 10.6 Å². The lowest BCUT2D eigenvalue weighted by Crippen LogP contribution is -2.38. The van der Waals surface area contributed by atoms with E-state index >= 15 is 0 Å². The highest BCUT2D eigenvalue weighted by atomic mass is 19.4. The van der Waals surface area contributed by atoms with Gasteiger partial charge in [0.15, 0.2) is 0 Å². The SMILES string of the molecule is COCCn1nncc1C(=O)N[C@H](c1nc2ccc([C@@H](C)NC(=O)CCC(F)(F)F)cc2[nH]1)C1CCC(F)(F)CC1. The minimum Gasteiger partial charge on any atom is -0.383 e. The first-order valence-corrected chi connectivity index (χ1v) is 13.3. The first kappa shape index (κ1) is 30.3. The monoisotopic (exact) mass is 585 g/mol. The number of rotatable bonds is 11. The van der Waals surface area contributed by atoms with Crippen LogP contribution in [0.1, 0.15) is 79.4 Å². The van der Waals surface area contributed by atoms with Crippen molar-refractivity contribution in [3.63, 3.8) is 0 Å². The number of alkyl halides is 5. The number of halogens is 5. The normalized spacial score (nSPS) is 17.3. The third-order valence-electron chi connectivity index (χ3n) is 7.21. The van der Waals surface area contributed by atoms with Gasteiger partial charge in [0.1, 0.15) is 11.5 Å². The molecule has 10 nitrogen and oxygen atoms in total. The van der Waals surface area contributed by atoms with Gasteiger partial charge in [-0.25, -0.2) is 18.4 Å². The van der Waals surface area contributed by atoms with Crippen molar-refractivity contribution < 1.29 is 36.3 Å². The standard InChI is InChI=1S/C26H32F5N7O3/c1-15(33-21(39)7-10-26(29,30)31)17-3-4-18-19(13-17)35-23(34-18)22(16-5-8-25(27,28)9-6-16)36-24(40)20-14-32-37-38(20)11-12-41-2/h3-4,13-16,22H,5-12H2,1-2H3,(H,33,39)(H,34,35)(H,36,40)/t15-,22+/m1/s1. The number of methoxy groups -OCH3 is 1. The topological polar surface area (TPSA) is 127 Å². The largest absolute Gasteiger partial charge is 0.389 e. The molecule has 0 aliphatic heterocycles. The number of carbonyl (C=O) groups is 2. The van der Waals surface area contributed by atoms with Crippen molar-refractivity contribution in [2.75, 3.05) is 13.7 Å². The summed E-state index contributed by atoms with van der Waals surface area (Å²) in [5.74, 6) is -3.94. The van der Waals surface area contributed by atoms with E-state index in [0.29, 0.717) is 29.0 Å². The van der Waals surface area contributed by atoms with Crippen molar-refractivity contribution in [1.82, 2.24) is 35.6 Å². The Morgan fingerprint density at radius 2 is 1.95 bits per heavy atom. The average molecular weight is 586 g/mol. The number of H-pyrrole nitrogens is 1. The van der Waals surface area contributed by atoms with Crippen LogP contribution in [0.25, 0.3) is 11.0 Å². The fourth-order valence-corrected chi connectivity index (χ4v) is 4.91. The molecule has 3 aromatic rings. The summed E-state index contributed by atoms with van der Waals surface area (Å²) in [4.78, 5) is 33.1. The van der Waals surface area contributed by atoms with Crippen molar-refractivity contribution in [1.29, 1.82) is 0 Å². The zero-order valence-corrected chi connectivity index (χ0v) is 22.6. The van der Waals surface area contributed by atoms with Crippen LogP contribution >= 0.6 is 0 Å². The number of hydrogen-bond acceptors (Lipinski definition) is 6. The molecule has 1 aromatic carbocycles. The van der Waals surface area contributed by atoms with E-state index in [4.69, 9.17) is 4.74 Å². The second kappa shape index (κ2) is 12.5. The highest BCUT2D eigenvalue weighted by molar-refractivity contribution is 5.92. The molecule has 0 saturated heterocycles. The van der Waals surface area contributed by atoms with E-state index in [1.165, 1.54) is 18.0 Å². The number of hydrogen-bond donors (Lipinski definition) is 3. The second-order valence-corrected chi connectivity index (χ2v) is 10.3. The lowest BCUT2D eigenvalue weighted by atomic mass is 9.81. The third-order valence-corrected chi connectivity index (χ3v) is 7.21. The zero-order chi connectivity index (χ0) is 29.8. The molecule has 41 heavy (non-hydrogen) atoms. The zero-order valence-electron chi connectivity index (χ0n) is 22.6. The van der Waals surface area contributed by atoms with Crippen molar-refractivity contribution in [2.24, 2.45) is 5.92 Å². The summed E-state index contributed by atoms with van der Waals surface area (Å²) in [6.45, 7) is 2.24. The predicted molar refractivity (Wildman–Crippen MR) is 137 cm³/mol. The number of amides is 2. The molecular formula is C26H32F5N7O3. The Hall–Kier alpha value is -3.62. The number of aromatic amines is 1. The molecule has 0 unspecified atom stereocenters. The van der Waals surface area contributed by atoms with Gasteiger partial charge in [0.25, 0.3) is 5.91 Å². The van der Waals surface area contributed by atoms with Gasteiger partial charge in [0.05, 0.1) is 48.9 Å². The Bertz CT molecular complexity index is 1350. The van der Waals surface area contributed by atoms with Gasteiger partial charge < -0.3 is 20.4 Å². The van der Waals surface area contributed by atoms with Crippen LogP contribution in [-0.4, -0.2) is 62.6 Å². The summed E-state index contributed by atoms with van der Waals surface area (Å²) < 4.78 is 71.7. The van der Waals surface area contributed by atoms with Crippen LogP contribution in [0.15, 0.2) is 24.4 Å². The molecule has 2 amide bonds. The molecule has 15 heteroatoms. The van der Waals surface area contributed by atoms with Crippen molar-refractivity contribution in [3.8, 4) is 0 Å². The first-order chi connectivity index (χ1) is 19.3. The molecule has 2 aromatic heterocycles. The van der Waals surface area contributed by atoms with Gasteiger partial charge in [-0.05, 0) is 43.4 Å². The number of carbonyl (C=O) groups excluding carboxylic acids is 2.